The lowest BCUT2D eigenvalue weighted by atomic mass is 9.97. The van der Waals surface area contributed by atoms with Crippen LogP contribution in [0.4, 0.5) is 4.79 Å². The molecule has 6 heteroatoms. The number of nitrogens with one attached hydrogen (secondary N) is 1. The largest absolute Gasteiger partial charge is 0.446 e. The summed E-state index contributed by atoms with van der Waals surface area (Å²) in [5.41, 5.74) is 0. The first-order valence-electron chi connectivity index (χ1n) is 7.50. The van der Waals surface area contributed by atoms with E-state index in [0.717, 1.165) is 38.7 Å². The number of carbonyl (C=O) groups is 1. The van der Waals surface area contributed by atoms with E-state index in [1.54, 1.807) is 0 Å². The van der Waals surface area contributed by atoms with E-state index in [9.17, 15) is 4.79 Å². The van der Waals surface area contributed by atoms with Crippen molar-refractivity contribution in [3.8, 4) is 0 Å². The van der Waals surface area contributed by atoms with Crippen LogP contribution in [0, 0.1) is 0 Å². The van der Waals surface area contributed by atoms with E-state index in [4.69, 9.17) is 14.2 Å². The molecule has 1 aliphatic rings. The molecule has 0 aromatic rings. The van der Waals surface area contributed by atoms with Crippen LogP contribution < -0.4 is 5.32 Å². The number of alkyl carbamates (subject to hydrolysis) is 1. The van der Waals surface area contributed by atoms with Crippen LogP contribution in [0.15, 0.2) is 0 Å². The Morgan fingerprint density at radius 1 is 1.10 bits per heavy atom. The minimum absolute atomic E-state index is 0.0433. The molecule has 1 N–H and O–H groups in total. The lowest BCUT2D eigenvalue weighted by molar-refractivity contribution is 0.0458. The topological polar surface area (TPSA) is 56.8 Å². The van der Waals surface area contributed by atoms with Gasteiger partial charge in [0.25, 0.3) is 0 Å². The van der Waals surface area contributed by atoms with Crippen molar-refractivity contribution in [2.24, 2.45) is 0 Å². The first kappa shape index (κ1) is 17.6. The average molecular weight is 305 g/mol. The molecule has 0 saturated heterocycles. The summed E-state index contributed by atoms with van der Waals surface area (Å²) in [5, 5.41) is 3.16. The molecule has 0 aromatic carbocycles. The lowest BCUT2D eigenvalue weighted by Gasteiger charge is -2.25. The Morgan fingerprint density at radius 3 is 2.40 bits per heavy atom. The molecule has 5 nitrogen and oxygen atoms in total. The van der Waals surface area contributed by atoms with Gasteiger partial charge in [0.05, 0.1) is 19.8 Å². The molecule has 1 fully saturated rings. The first-order chi connectivity index (χ1) is 9.72. The first-order valence-corrected chi connectivity index (χ1v) is 8.02. The third kappa shape index (κ3) is 8.66. The summed E-state index contributed by atoms with van der Waals surface area (Å²) in [6.07, 6.45) is 4.56. The van der Waals surface area contributed by atoms with E-state index in [1.807, 2.05) is 0 Å². The van der Waals surface area contributed by atoms with Crippen molar-refractivity contribution in [2.75, 3.05) is 33.0 Å². The van der Waals surface area contributed by atoms with Gasteiger partial charge >= 0.3 is 6.09 Å². The van der Waals surface area contributed by atoms with Gasteiger partial charge in [-0.3, -0.25) is 0 Å². The highest BCUT2D eigenvalue weighted by atomic mass is 32.1. The maximum absolute atomic E-state index is 11.5. The van der Waals surface area contributed by atoms with E-state index in [1.165, 1.54) is 0 Å². The average Bonchev–Trinajstić information content (AvgIpc) is 2.44. The molecule has 0 radical (unpaired) electrons. The van der Waals surface area contributed by atoms with Gasteiger partial charge in [0.1, 0.15) is 6.10 Å². The maximum atomic E-state index is 11.5. The molecule has 20 heavy (non-hydrogen) atoms. The van der Waals surface area contributed by atoms with Crippen LogP contribution in [-0.2, 0) is 14.2 Å². The fraction of sp³-hybridized carbons (Fsp3) is 0.929. The molecule has 0 heterocycles. The maximum Gasteiger partial charge on any atom is 0.407 e. The summed E-state index contributed by atoms with van der Waals surface area (Å²) in [7, 11) is 0. The molecule has 118 valence electrons. The number of ether oxygens (including phenoxy) is 3. The molecule has 0 atom stereocenters. The standard InChI is InChI=1S/C14H27NO4S/c1-2-8-17-10-11-18-9-7-15-14(16)19-12-3-5-13(20)6-4-12/h12-13,20H,2-11H2,1H3,(H,15,16). The number of amides is 1. The zero-order valence-electron chi connectivity index (χ0n) is 12.3. The van der Waals surface area contributed by atoms with Gasteiger partial charge in [0.15, 0.2) is 0 Å². The number of hydrogen-bond acceptors (Lipinski definition) is 5. The van der Waals surface area contributed by atoms with Gasteiger partial charge in [-0.15, -0.1) is 0 Å². The Bertz CT molecular complexity index is 258. The Balaban J connectivity index is 1.90. The van der Waals surface area contributed by atoms with E-state index in [-0.39, 0.29) is 12.2 Å². The zero-order valence-corrected chi connectivity index (χ0v) is 13.2. The van der Waals surface area contributed by atoms with Gasteiger partial charge in [0.2, 0.25) is 0 Å². The quantitative estimate of drug-likeness (QED) is 0.507. The SMILES string of the molecule is CCCOCCOCCNC(=O)OC1CCC(S)CC1. The molecule has 0 spiro atoms. The minimum Gasteiger partial charge on any atom is -0.446 e. The zero-order chi connectivity index (χ0) is 14.6. The fourth-order valence-corrected chi connectivity index (χ4v) is 2.35. The van der Waals surface area contributed by atoms with Crippen LogP contribution in [0.2, 0.25) is 0 Å². The summed E-state index contributed by atoms with van der Waals surface area (Å²) < 4.78 is 15.9. The highest BCUT2D eigenvalue weighted by Crippen LogP contribution is 2.24. The molecule has 0 bridgehead atoms. The molecule has 1 amide bonds. The summed E-state index contributed by atoms with van der Waals surface area (Å²) in [6.45, 7) is 4.94. The van der Waals surface area contributed by atoms with Crippen molar-refractivity contribution in [1.82, 2.24) is 5.32 Å². The van der Waals surface area contributed by atoms with E-state index >= 15 is 0 Å². The summed E-state index contributed by atoms with van der Waals surface area (Å²) >= 11 is 4.42. The van der Waals surface area contributed by atoms with Crippen LogP contribution in [0.25, 0.3) is 0 Å². The van der Waals surface area contributed by atoms with Gasteiger partial charge < -0.3 is 19.5 Å². The Labute approximate surface area is 127 Å². The second-order valence-corrected chi connectivity index (χ2v) is 5.72. The Kier molecular flexibility index (Phi) is 9.87. The Morgan fingerprint density at radius 2 is 1.75 bits per heavy atom. The van der Waals surface area contributed by atoms with E-state index in [2.05, 4.69) is 24.9 Å². The van der Waals surface area contributed by atoms with Crippen LogP contribution in [0.5, 0.6) is 0 Å². The van der Waals surface area contributed by atoms with Crippen molar-refractivity contribution < 1.29 is 19.0 Å². The van der Waals surface area contributed by atoms with Crippen LogP contribution in [0.1, 0.15) is 39.0 Å². The summed E-state index contributed by atoms with van der Waals surface area (Å²) in [5.74, 6) is 0. The highest BCUT2D eigenvalue weighted by molar-refractivity contribution is 7.80. The number of hydrogen-bond donors (Lipinski definition) is 2. The highest BCUT2D eigenvalue weighted by Gasteiger charge is 2.21. The second-order valence-electron chi connectivity index (χ2n) is 4.99. The van der Waals surface area contributed by atoms with E-state index < -0.39 is 0 Å². The summed E-state index contributed by atoms with van der Waals surface area (Å²) in [6, 6.07) is 0. The normalized spacial score (nSPS) is 22.5. The van der Waals surface area contributed by atoms with E-state index in [0.29, 0.717) is 31.6 Å². The van der Waals surface area contributed by atoms with Gasteiger partial charge in [0, 0.05) is 18.4 Å². The monoisotopic (exact) mass is 305 g/mol. The smallest absolute Gasteiger partial charge is 0.407 e. The van der Waals surface area contributed by atoms with Crippen molar-refractivity contribution >= 4 is 18.7 Å². The van der Waals surface area contributed by atoms with Gasteiger partial charge in [-0.05, 0) is 32.1 Å². The lowest BCUT2D eigenvalue weighted by Crippen LogP contribution is -2.33. The number of carbonyl (C=O) groups excluding carboxylic acids is 1. The molecule has 1 rings (SSSR count). The molecular formula is C14H27NO4S. The third-order valence-corrected chi connectivity index (χ3v) is 3.67. The fourth-order valence-electron chi connectivity index (χ4n) is 2.05. The summed E-state index contributed by atoms with van der Waals surface area (Å²) in [4.78, 5) is 11.5. The third-order valence-electron chi connectivity index (χ3n) is 3.15. The predicted octanol–water partition coefficient (Wildman–Crippen LogP) is 2.40. The van der Waals surface area contributed by atoms with Gasteiger partial charge in [-0.25, -0.2) is 4.79 Å². The second kappa shape index (κ2) is 11.2. The van der Waals surface area contributed by atoms with Crippen molar-refractivity contribution in [3.05, 3.63) is 0 Å². The Hall–Kier alpha value is -0.460. The van der Waals surface area contributed by atoms with Crippen LogP contribution >= 0.6 is 12.6 Å². The number of thiol groups is 1. The van der Waals surface area contributed by atoms with Crippen LogP contribution in [0.3, 0.4) is 0 Å². The molecular weight excluding hydrogens is 278 g/mol. The molecule has 0 aliphatic heterocycles. The predicted molar refractivity (Wildman–Crippen MR) is 81.4 cm³/mol. The van der Waals surface area contributed by atoms with Gasteiger partial charge in [-0.1, -0.05) is 6.92 Å². The van der Waals surface area contributed by atoms with Crippen molar-refractivity contribution in [3.63, 3.8) is 0 Å². The minimum atomic E-state index is -0.349. The van der Waals surface area contributed by atoms with Crippen molar-refractivity contribution in [2.45, 2.75) is 50.4 Å². The number of rotatable bonds is 9. The van der Waals surface area contributed by atoms with Gasteiger partial charge in [-0.2, -0.15) is 12.6 Å². The molecule has 0 unspecified atom stereocenters. The molecule has 1 saturated carbocycles. The van der Waals surface area contributed by atoms with Crippen molar-refractivity contribution in [1.29, 1.82) is 0 Å². The van der Waals surface area contributed by atoms with Crippen LogP contribution in [-0.4, -0.2) is 50.4 Å². The molecule has 1 aliphatic carbocycles. The molecule has 0 aromatic heterocycles.